The van der Waals surface area contributed by atoms with Crippen LogP contribution >= 0.6 is 0 Å². The number of ether oxygens (including phenoxy) is 1. The summed E-state index contributed by atoms with van der Waals surface area (Å²) in [6.45, 7) is 7.02. The van der Waals surface area contributed by atoms with Gasteiger partial charge in [0.2, 0.25) is 0 Å². The van der Waals surface area contributed by atoms with Crippen LogP contribution < -0.4 is 4.90 Å². The zero-order valence-electron chi connectivity index (χ0n) is 17.4. The van der Waals surface area contributed by atoms with Crippen molar-refractivity contribution in [2.24, 2.45) is 5.92 Å². The Balaban J connectivity index is 1.17. The van der Waals surface area contributed by atoms with Gasteiger partial charge in [-0.2, -0.15) is 5.10 Å². The zero-order chi connectivity index (χ0) is 19.5. The van der Waals surface area contributed by atoms with Gasteiger partial charge in [-0.1, -0.05) is 0 Å². The predicted molar refractivity (Wildman–Crippen MR) is 115 cm³/mol. The first kappa shape index (κ1) is 19.1. The second kappa shape index (κ2) is 8.84. The van der Waals surface area contributed by atoms with E-state index in [-0.39, 0.29) is 6.23 Å². The first-order chi connectivity index (χ1) is 14.3. The molecule has 0 radical (unpaired) electrons. The number of nitrogens with zero attached hydrogens (tertiary/aromatic N) is 5. The summed E-state index contributed by atoms with van der Waals surface area (Å²) in [7, 11) is 0. The van der Waals surface area contributed by atoms with Crippen molar-refractivity contribution in [2.75, 3.05) is 44.2 Å². The van der Waals surface area contributed by atoms with Crippen LogP contribution in [0.3, 0.4) is 0 Å². The maximum atomic E-state index is 5.84. The molecule has 2 aromatic heterocycles. The lowest BCUT2D eigenvalue weighted by molar-refractivity contribution is -0.0394. The molecule has 0 aliphatic carbocycles. The summed E-state index contributed by atoms with van der Waals surface area (Å²) >= 11 is 0. The summed E-state index contributed by atoms with van der Waals surface area (Å²) in [5.41, 5.74) is 2.24. The number of aromatic nitrogens is 3. The molecule has 0 saturated carbocycles. The van der Waals surface area contributed by atoms with E-state index in [4.69, 9.17) is 9.72 Å². The molecule has 3 saturated heterocycles. The van der Waals surface area contributed by atoms with Crippen molar-refractivity contribution in [3.63, 3.8) is 0 Å². The summed E-state index contributed by atoms with van der Waals surface area (Å²) in [6.07, 6.45) is 14.9. The van der Waals surface area contributed by atoms with Gasteiger partial charge in [0, 0.05) is 49.8 Å². The fourth-order valence-electron chi connectivity index (χ4n) is 5.00. The van der Waals surface area contributed by atoms with Gasteiger partial charge in [0.15, 0.2) is 0 Å². The van der Waals surface area contributed by atoms with E-state index in [0.717, 1.165) is 55.4 Å². The van der Waals surface area contributed by atoms with Gasteiger partial charge in [-0.05, 0) is 76.1 Å². The Kier molecular flexibility index (Phi) is 5.81. The molecule has 3 aliphatic rings. The summed E-state index contributed by atoms with van der Waals surface area (Å²) in [4.78, 5) is 9.88. The molecule has 0 N–H and O–H groups in total. The van der Waals surface area contributed by atoms with E-state index >= 15 is 0 Å². The van der Waals surface area contributed by atoms with Gasteiger partial charge in [0.05, 0.1) is 6.20 Å². The third kappa shape index (κ3) is 4.48. The Morgan fingerprint density at radius 2 is 1.76 bits per heavy atom. The van der Waals surface area contributed by atoms with Crippen LogP contribution in [-0.4, -0.2) is 59.0 Å². The molecule has 6 nitrogen and oxygen atoms in total. The number of anilines is 1. The highest BCUT2D eigenvalue weighted by atomic mass is 16.5. The maximum absolute atomic E-state index is 5.84. The fraction of sp³-hybridized carbons (Fsp3) is 0.652. The third-order valence-corrected chi connectivity index (χ3v) is 6.79. The second-order valence-electron chi connectivity index (χ2n) is 8.87. The van der Waals surface area contributed by atoms with Crippen LogP contribution in [0, 0.1) is 5.92 Å². The van der Waals surface area contributed by atoms with E-state index in [1.807, 2.05) is 17.1 Å². The van der Waals surface area contributed by atoms with Crippen molar-refractivity contribution in [1.29, 1.82) is 0 Å². The minimum Gasteiger partial charge on any atom is -0.357 e. The van der Waals surface area contributed by atoms with Gasteiger partial charge in [-0.3, -0.25) is 0 Å². The minimum atomic E-state index is 0.0894. The summed E-state index contributed by atoms with van der Waals surface area (Å²) in [5.74, 6) is 1.97. The largest absolute Gasteiger partial charge is 0.357 e. The standard InChI is InChI=1S/C23H33N5O/c1-4-14-29-23(5-1)28-18-21(16-25-28)20-6-7-22(24-15-20)27-12-8-19(9-13-27)17-26-10-2-3-11-26/h6-7,15-16,18-19,23H,1-5,8-14,17H2. The molecule has 2 aromatic rings. The average molecular weight is 396 g/mol. The van der Waals surface area contributed by atoms with Gasteiger partial charge in [-0.25, -0.2) is 9.67 Å². The topological polar surface area (TPSA) is 46.4 Å². The highest BCUT2D eigenvalue weighted by molar-refractivity contribution is 5.62. The molecule has 0 aromatic carbocycles. The number of rotatable bonds is 5. The second-order valence-corrected chi connectivity index (χ2v) is 8.87. The SMILES string of the molecule is c1cc(N2CCC(CN3CCCC3)CC2)ncc1-c1cnn(C2CCCCO2)c1. The average Bonchev–Trinajstić information content (AvgIpc) is 3.48. The van der Waals surface area contributed by atoms with Gasteiger partial charge in [0.1, 0.15) is 12.0 Å². The van der Waals surface area contributed by atoms with Gasteiger partial charge >= 0.3 is 0 Å². The smallest absolute Gasteiger partial charge is 0.150 e. The summed E-state index contributed by atoms with van der Waals surface area (Å²) in [5, 5.41) is 4.53. The third-order valence-electron chi connectivity index (χ3n) is 6.79. The van der Waals surface area contributed by atoms with Crippen molar-refractivity contribution in [1.82, 2.24) is 19.7 Å². The number of hydrogen-bond acceptors (Lipinski definition) is 5. The normalized spacial score (nSPS) is 24.3. The van der Waals surface area contributed by atoms with Crippen LogP contribution in [0.15, 0.2) is 30.7 Å². The van der Waals surface area contributed by atoms with Crippen LogP contribution in [-0.2, 0) is 4.74 Å². The van der Waals surface area contributed by atoms with E-state index in [9.17, 15) is 0 Å². The molecule has 29 heavy (non-hydrogen) atoms. The molecular formula is C23H33N5O. The molecule has 0 amide bonds. The Labute approximate surface area is 173 Å². The lowest BCUT2D eigenvalue weighted by Gasteiger charge is -2.34. The maximum Gasteiger partial charge on any atom is 0.150 e. The molecule has 5 rings (SSSR count). The Morgan fingerprint density at radius 1 is 0.897 bits per heavy atom. The molecule has 0 bridgehead atoms. The number of hydrogen-bond donors (Lipinski definition) is 0. The van der Waals surface area contributed by atoms with Crippen LogP contribution in [0.25, 0.3) is 11.1 Å². The Hall–Kier alpha value is -1.92. The summed E-state index contributed by atoms with van der Waals surface area (Å²) < 4.78 is 7.80. The number of pyridine rings is 1. The quantitative estimate of drug-likeness (QED) is 0.767. The Morgan fingerprint density at radius 3 is 2.48 bits per heavy atom. The van der Waals surface area contributed by atoms with Crippen molar-refractivity contribution in [2.45, 2.75) is 51.2 Å². The van der Waals surface area contributed by atoms with Crippen LogP contribution in [0.2, 0.25) is 0 Å². The Bertz CT molecular complexity index is 769. The van der Waals surface area contributed by atoms with Crippen LogP contribution in [0.4, 0.5) is 5.82 Å². The highest BCUT2D eigenvalue weighted by Gasteiger charge is 2.23. The molecule has 5 heterocycles. The van der Waals surface area contributed by atoms with E-state index in [1.165, 1.54) is 51.7 Å². The van der Waals surface area contributed by atoms with Gasteiger partial charge in [0.25, 0.3) is 0 Å². The molecule has 1 atom stereocenters. The van der Waals surface area contributed by atoms with Gasteiger partial charge < -0.3 is 14.5 Å². The van der Waals surface area contributed by atoms with Gasteiger partial charge in [-0.15, -0.1) is 0 Å². The zero-order valence-corrected chi connectivity index (χ0v) is 17.4. The van der Waals surface area contributed by atoms with Crippen molar-refractivity contribution in [3.05, 3.63) is 30.7 Å². The summed E-state index contributed by atoms with van der Waals surface area (Å²) in [6, 6.07) is 4.35. The first-order valence-corrected chi connectivity index (χ1v) is 11.4. The van der Waals surface area contributed by atoms with Crippen LogP contribution in [0.5, 0.6) is 0 Å². The minimum absolute atomic E-state index is 0.0894. The molecule has 156 valence electrons. The monoisotopic (exact) mass is 395 g/mol. The van der Waals surface area contributed by atoms with E-state index < -0.39 is 0 Å². The van der Waals surface area contributed by atoms with Crippen molar-refractivity contribution in [3.8, 4) is 11.1 Å². The van der Waals surface area contributed by atoms with E-state index in [0.29, 0.717) is 0 Å². The molecule has 3 fully saturated rings. The van der Waals surface area contributed by atoms with Crippen molar-refractivity contribution < 1.29 is 4.74 Å². The predicted octanol–water partition coefficient (Wildman–Crippen LogP) is 3.96. The molecule has 1 unspecified atom stereocenters. The van der Waals surface area contributed by atoms with Crippen LogP contribution in [0.1, 0.15) is 51.2 Å². The number of piperidine rings is 1. The van der Waals surface area contributed by atoms with E-state index in [2.05, 4.69) is 33.2 Å². The van der Waals surface area contributed by atoms with Crippen molar-refractivity contribution >= 4 is 5.82 Å². The molecule has 6 heteroatoms. The lowest BCUT2D eigenvalue weighted by atomic mass is 9.96. The number of likely N-dealkylation sites (tertiary alicyclic amines) is 1. The first-order valence-electron chi connectivity index (χ1n) is 11.4. The fourth-order valence-corrected chi connectivity index (χ4v) is 5.00. The van der Waals surface area contributed by atoms with E-state index in [1.54, 1.807) is 0 Å². The molecule has 3 aliphatic heterocycles. The molecule has 0 spiro atoms. The molecular weight excluding hydrogens is 362 g/mol. The highest BCUT2D eigenvalue weighted by Crippen LogP contribution is 2.27. The lowest BCUT2D eigenvalue weighted by Crippen LogP contribution is -2.38.